The van der Waals surface area contributed by atoms with Crippen LogP contribution in [0.5, 0.6) is 5.75 Å². The van der Waals surface area contributed by atoms with Gasteiger partial charge in [-0.25, -0.2) is 9.97 Å². The SMILES string of the molecule is O=C(Nc1nccs1)c1cc(CN2CCN(c3cnccn3)CC2)cc(OCCc2cccs2)c1. The number of hydrogen-bond donors (Lipinski definition) is 1. The first kappa shape index (κ1) is 23.4. The molecular formula is C25H26N6O2S2. The van der Waals surface area contributed by atoms with Gasteiger partial charge in [-0.05, 0) is 35.2 Å². The molecule has 1 aliphatic rings. The number of aromatic nitrogens is 3. The standard InChI is InChI=1S/C25H26N6O2S2/c32-24(29-25-28-6-13-35-25)20-14-19(15-21(16-20)33-11-3-22-2-1-12-34-22)18-30-7-9-31(10-8-30)23-17-26-4-5-27-23/h1-2,4-6,12-17H,3,7-11,18H2,(H,28,29,32). The Bertz CT molecular complexity index is 1210. The van der Waals surface area contributed by atoms with E-state index in [-0.39, 0.29) is 5.91 Å². The molecule has 1 saturated heterocycles. The van der Waals surface area contributed by atoms with Gasteiger partial charge in [-0.15, -0.1) is 22.7 Å². The molecule has 5 rings (SSSR count). The third-order valence-electron chi connectivity index (χ3n) is 5.73. The van der Waals surface area contributed by atoms with Crippen molar-refractivity contribution >= 4 is 39.5 Å². The zero-order chi connectivity index (χ0) is 23.9. The Balaban J connectivity index is 1.26. The smallest absolute Gasteiger partial charge is 0.257 e. The minimum absolute atomic E-state index is 0.183. The number of thiazole rings is 1. The Morgan fingerprint density at radius 2 is 1.94 bits per heavy atom. The van der Waals surface area contributed by atoms with Crippen LogP contribution in [0, 0.1) is 0 Å². The van der Waals surface area contributed by atoms with E-state index in [1.807, 2.05) is 29.6 Å². The van der Waals surface area contributed by atoms with E-state index < -0.39 is 0 Å². The van der Waals surface area contributed by atoms with Gasteiger partial charge >= 0.3 is 0 Å². The fraction of sp³-hybridized carbons (Fsp3) is 0.280. The molecule has 1 amide bonds. The van der Waals surface area contributed by atoms with Crippen molar-refractivity contribution in [3.63, 3.8) is 0 Å². The topological polar surface area (TPSA) is 83.5 Å². The minimum atomic E-state index is -0.183. The highest BCUT2D eigenvalue weighted by Crippen LogP contribution is 2.22. The van der Waals surface area contributed by atoms with Crippen LogP contribution in [0.25, 0.3) is 0 Å². The van der Waals surface area contributed by atoms with E-state index in [2.05, 4.69) is 41.5 Å². The Morgan fingerprint density at radius 1 is 1.03 bits per heavy atom. The first-order chi connectivity index (χ1) is 17.2. The van der Waals surface area contributed by atoms with E-state index >= 15 is 0 Å². The number of carbonyl (C=O) groups is 1. The van der Waals surface area contributed by atoms with Gasteiger partial charge < -0.3 is 9.64 Å². The van der Waals surface area contributed by atoms with Gasteiger partial charge in [-0.2, -0.15) is 0 Å². The average Bonchev–Trinajstić information content (AvgIpc) is 3.60. The van der Waals surface area contributed by atoms with E-state index in [1.165, 1.54) is 16.2 Å². The van der Waals surface area contributed by atoms with Crippen molar-refractivity contribution < 1.29 is 9.53 Å². The molecule has 1 fully saturated rings. The molecule has 1 aliphatic heterocycles. The Kier molecular flexibility index (Phi) is 7.62. The Labute approximate surface area is 212 Å². The van der Waals surface area contributed by atoms with Crippen molar-refractivity contribution in [2.45, 2.75) is 13.0 Å². The summed E-state index contributed by atoms with van der Waals surface area (Å²) in [5, 5.41) is 7.37. The normalized spacial score (nSPS) is 14.1. The van der Waals surface area contributed by atoms with Gasteiger partial charge in [0.15, 0.2) is 5.13 Å². The molecule has 4 heterocycles. The summed E-state index contributed by atoms with van der Waals surface area (Å²) in [4.78, 5) is 31.6. The average molecular weight is 507 g/mol. The highest BCUT2D eigenvalue weighted by Gasteiger charge is 2.19. The summed E-state index contributed by atoms with van der Waals surface area (Å²) in [5.74, 6) is 1.44. The number of anilines is 2. The monoisotopic (exact) mass is 506 g/mol. The second-order valence-corrected chi connectivity index (χ2v) is 10.1. The van der Waals surface area contributed by atoms with E-state index in [0.717, 1.165) is 50.5 Å². The minimum Gasteiger partial charge on any atom is -0.493 e. The number of nitrogens with zero attached hydrogens (tertiary/aromatic N) is 5. The zero-order valence-electron chi connectivity index (χ0n) is 19.2. The number of carbonyl (C=O) groups excluding carboxylic acids is 1. The van der Waals surface area contributed by atoms with Gasteiger partial charge in [0.25, 0.3) is 5.91 Å². The molecule has 0 unspecified atom stereocenters. The fourth-order valence-electron chi connectivity index (χ4n) is 3.99. The molecule has 10 heteroatoms. The molecule has 0 aliphatic carbocycles. The number of nitrogens with one attached hydrogen (secondary N) is 1. The van der Waals surface area contributed by atoms with Crippen LogP contribution in [0.2, 0.25) is 0 Å². The van der Waals surface area contributed by atoms with Gasteiger partial charge in [0.1, 0.15) is 11.6 Å². The maximum Gasteiger partial charge on any atom is 0.257 e. The predicted molar refractivity (Wildman–Crippen MR) is 140 cm³/mol. The first-order valence-electron chi connectivity index (χ1n) is 11.5. The summed E-state index contributed by atoms with van der Waals surface area (Å²) < 4.78 is 6.08. The summed E-state index contributed by atoms with van der Waals surface area (Å²) in [6, 6.07) is 9.96. The summed E-state index contributed by atoms with van der Waals surface area (Å²) >= 11 is 3.12. The molecule has 4 aromatic rings. The molecule has 1 aromatic carbocycles. The zero-order valence-corrected chi connectivity index (χ0v) is 20.8. The van der Waals surface area contributed by atoms with Crippen LogP contribution < -0.4 is 15.0 Å². The largest absolute Gasteiger partial charge is 0.493 e. The molecular weight excluding hydrogens is 480 g/mol. The van der Waals surface area contributed by atoms with Crippen molar-refractivity contribution in [3.8, 4) is 5.75 Å². The molecule has 0 bridgehead atoms. The van der Waals surface area contributed by atoms with Crippen LogP contribution >= 0.6 is 22.7 Å². The maximum atomic E-state index is 12.9. The number of thiophene rings is 1. The maximum absolute atomic E-state index is 12.9. The van der Waals surface area contributed by atoms with Crippen LogP contribution in [0.15, 0.2) is 65.9 Å². The number of amides is 1. The summed E-state index contributed by atoms with van der Waals surface area (Å²) in [7, 11) is 0. The van der Waals surface area contributed by atoms with Crippen LogP contribution in [0.1, 0.15) is 20.8 Å². The molecule has 3 aromatic heterocycles. The fourth-order valence-corrected chi connectivity index (χ4v) is 5.21. The number of piperazine rings is 1. The Hall–Kier alpha value is -3.34. The van der Waals surface area contributed by atoms with Crippen molar-refractivity contribution in [1.82, 2.24) is 19.9 Å². The van der Waals surface area contributed by atoms with Gasteiger partial charge in [0.05, 0.1) is 12.8 Å². The van der Waals surface area contributed by atoms with Crippen LogP contribution in [0.3, 0.4) is 0 Å². The summed E-state index contributed by atoms with van der Waals surface area (Å²) in [6.07, 6.45) is 7.74. The van der Waals surface area contributed by atoms with Gasteiger partial charge in [0.2, 0.25) is 0 Å². The van der Waals surface area contributed by atoms with Crippen LogP contribution in [-0.4, -0.2) is 58.5 Å². The third-order valence-corrected chi connectivity index (χ3v) is 7.36. The molecule has 8 nitrogen and oxygen atoms in total. The van der Waals surface area contributed by atoms with Gasteiger partial charge in [0, 0.05) is 73.6 Å². The molecule has 35 heavy (non-hydrogen) atoms. The second-order valence-electron chi connectivity index (χ2n) is 8.16. The summed E-state index contributed by atoms with van der Waals surface area (Å²) in [6.45, 7) is 4.88. The number of ether oxygens (including phenoxy) is 1. The van der Waals surface area contributed by atoms with Crippen molar-refractivity contribution in [2.75, 3.05) is 43.0 Å². The van der Waals surface area contributed by atoms with E-state index in [1.54, 1.807) is 36.1 Å². The van der Waals surface area contributed by atoms with Gasteiger partial charge in [-0.3, -0.25) is 20.0 Å². The molecule has 0 radical (unpaired) electrons. The van der Waals surface area contributed by atoms with Crippen molar-refractivity contribution in [2.24, 2.45) is 0 Å². The molecule has 1 N–H and O–H groups in total. The highest BCUT2D eigenvalue weighted by molar-refractivity contribution is 7.13. The molecule has 0 spiro atoms. The number of benzene rings is 1. The molecule has 180 valence electrons. The number of rotatable bonds is 9. The van der Waals surface area contributed by atoms with Crippen molar-refractivity contribution in [3.05, 3.63) is 81.9 Å². The summed E-state index contributed by atoms with van der Waals surface area (Å²) in [5.41, 5.74) is 1.62. The second kappa shape index (κ2) is 11.4. The highest BCUT2D eigenvalue weighted by atomic mass is 32.1. The lowest BCUT2D eigenvalue weighted by Gasteiger charge is -2.35. The van der Waals surface area contributed by atoms with E-state index in [0.29, 0.717) is 23.1 Å². The lowest BCUT2D eigenvalue weighted by molar-refractivity contribution is 0.102. The molecule has 0 atom stereocenters. The lowest BCUT2D eigenvalue weighted by atomic mass is 10.1. The van der Waals surface area contributed by atoms with Crippen LogP contribution in [-0.2, 0) is 13.0 Å². The van der Waals surface area contributed by atoms with Gasteiger partial charge in [-0.1, -0.05) is 6.07 Å². The predicted octanol–water partition coefficient (Wildman–Crippen LogP) is 4.19. The van der Waals surface area contributed by atoms with E-state index in [4.69, 9.17) is 4.74 Å². The number of hydrogen-bond acceptors (Lipinski definition) is 9. The quantitative estimate of drug-likeness (QED) is 0.364. The molecule has 0 saturated carbocycles. The van der Waals surface area contributed by atoms with Crippen LogP contribution in [0.4, 0.5) is 10.9 Å². The third kappa shape index (κ3) is 6.41. The first-order valence-corrected chi connectivity index (χ1v) is 13.2. The Morgan fingerprint density at radius 3 is 2.69 bits per heavy atom. The lowest BCUT2D eigenvalue weighted by Crippen LogP contribution is -2.46. The van der Waals surface area contributed by atoms with E-state index in [9.17, 15) is 4.79 Å². The van der Waals surface area contributed by atoms with Crippen molar-refractivity contribution in [1.29, 1.82) is 0 Å².